The summed E-state index contributed by atoms with van der Waals surface area (Å²) >= 11 is 0. The minimum Gasteiger partial charge on any atom is -0.212 e. The van der Waals surface area contributed by atoms with Crippen LogP contribution in [-0.4, -0.2) is 18.7 Å². The van der Waals surface area contributed by atoms with E-state index >= 15 is 0 Å². The zero-order valence-corrected chi connectivity index (χ0v) is 15.7. The third-order valence-corrected chi connectivity index (χ3v) is 7.29. The summed E-state index contributed by atoms with van der Waals surface area (Å²) in [7, 11) is -3.21. The second-order valence-electron chi connectivity index (χ2n) is 8.58. The molecule has 0 spiro atoms. The predicted molar refractivity (Wildman–Crippen MR) is 90.9 cm³/mol. The lowest BCUT2D eigenvalue weighted by Crippen LogP contribution is -2.46. The highest BCUT2D eigenvalue weighted by Gasteiger charge is 2.47. The molecule has 0 aromatic carbocycles. The maximum atomic E-state index is 12.3. The van der Waals surface area contributed by atoms with Crippen LogP contribution in [0.2, 0.25) is 0 Å². The van der Waals surface area contributed by atoms with Crippen molar-refractivity contribution in [3.63, 3.8) is 0 Å². The van der Waals surface area contributed by atoms with Gasteiger partial charge in [0.2, 0.25) is 10.0 Å². The molecule has 0 aromatic rings. The zero-order chi connectivity index (χ0) is 16.4. The van der Waals surface area contributed by atoms with E-state index in [2.05, 4.69) is 25.5 Å². The van der Waals surface area contributed by atoms with E-state index in [4.69, 9.17) is 0 Å². The quantitative estimate of drug-likeness (QED) is 0.630. The van der Waals surface area contributed by atoms with Crippen LogP contribution in [0.1, 0.15) is 92.9 Å². The molecule has 0 heterocycles. The van der Waals surface area contributed by atoms with Gasteiger partial charge in [0.1, 0.15) is 0 Å². The molecule has 0 amide bonds. The van der Waals surface area contributed by atoms with Gasteiger partial charge < -0.3 is 0 Å². The Hall–Kier alpha value is -0.0900. The van der Waals surface area contributed by atoms with Crippen LogP contribution < -0.4 is 4.72 Å². The molecule has 1 saturated carbocycles. The number of hydrogen-bond donors (Lipinski definition) is 1. The van der Waals surface area contributed by atoms with E-state index in [9.17, 15) is 8.42 Å². The van der Waals surface area contributed by atoms with Gasteiger partial charge >= 0.3 is 0 Å². The largest absolute Gasteiger partial charge is 0.217 e. The van der Waals surface area contributed by atoms with E-state index in [0.29, 0.717) is 5.41 Å². The molecule has 0 radical (unpaired) electrons. The van der Waals surface area contributed by atoms with Crippen molar-refractivity contribution >= 4 is 10.0 Å². The molecule has 0 aliphatic heterocycles. The summed E-state index contributed by atoms with van der Waals surface area (Å²) < 4.78 is 26.8. The molecule has 1 fully saturated rings. The highest BCUT2D eigenvalue weighted by Crippen LogP contribution is 2.42. The van der Waals surface area contributed by atoms with Gasteiger partial charge in [0.05, 0.1) is 4.75 Å². The average molecular weight is 318 g/mol. The lowest BCUT2D eigenvalue weighted by Gasteiger charge is -2.25. The number of sulfonamides is 1. The molecule has 1 N–H and O–H groups in total. The third-order valence-electron chi connectivity index (χ3n) is 4.98. The highest BCUT2D eigenvalue weighted by atomic mass is 32.2. The van der Waals surface area contributed by atoms with Crippen LogP contribution in [-0.2, 0) is 10.0 Å². The van der Waals surface area contributed by atoms with Crippen LogP contribution in [0.3, 0.4) is 0 Å². The molecule has 126 valence electrons. The third kappa shape index (κ3) is 5.90. The fourth-order valence-electron chi connectivity index (χ4n) is 2.41. The van der Waals surface area contributed by atoms with Gasteiger partial charge in [-0.15, -0.1) is 0 Å². The summed E-state index contributed by atoms with van der Waals surface area (Å²) in [5.74, 6) is 0. The number of hydrogen-bond acceptors (Lipinski definition) is 2. The van der Waals surface area contributed by atoms with Gasteiger partial charge in [-0.2, -0.15) is 0 Å². The Labute approximate surface area is 132 Å². The van der Waals surface area contributed by atoms with E-state index in [-0.39, 0.29) is 5.54 Å². The smallest absolute Gasteiger partial charge is 0.212 e. The van der Waals surface area contributed by atoms with Gasteiger partial charge in [-0.25, -0.2) is 13.1 Å². The lowest BCUT2D eigenvalue weighted by atomic mass is 9.84. The fourth-order valence-corrected chi connectivity index (χ4v) is 3.60. The van der Waals surface area contributed by atoms with E-state index in [0.717, 1.165) is 25.7 Å². The Morgan fingerprint density at radius 2 is 1.57 bits per heavy atom. The second-order valence-corrected chi connectivity index (χ2v) is 11.0. The SMILES string of the molecule is CCC(C)(C)CCCCCC1(NS(=O)(=O)C(C)(C)C)CC1. The number of nitrogens with one attached hydrogen (secondary N) is 1. The molecule has 0 bridgehead atoms. The highest BCUT2D eigenvalue weighted by molar-refractivity contribution is 7.90. The molecule has 3 nitrogen and oxygen atoms in total. The zero-order valence-electron chi connectivity index (χ0n) is 14.9. The van der Waals surface area contributed by atoms with Crippen LogP contribution in [0.25, 0.3) is 0 Å². The van der Waals surface area contributed by atoms with Gasteiger partial charge in [0.25, 0.3) is 0 Å². The Bertz CT molecular complexity index is 428. The average Bonchev–Trinajstić information content (AvgIpc) is 3.06. The molecular weight excluding hydrogens is 282 g/mol. The molecule has 0 unspecified atom stereocenters. The van der Waals surface area contributed by atoms with Crippen molar-refractivity contribution < 1.29 is 8.42 Å². The van der Waals surface area contributed by atoms with Gasteiger partial charge in [0, 0.05) is 5.54 Å². The van der Waals surface area contributed by atoms with Crippen molar-refractivity contribution in [3.8, 4) is 0 Å². The Kier molecular flexibility index (Phi) is 5.93. The van der Waals surface area contributed by atoms with Crippen LogP contribution in [0, 0.1) is 5.41 Å². The lowest BCUT2D eigenvalue weighted by molar-refractivity contribution is 0.306. The molecule has 21 heavy (non-hydrogen) atoms. The standard InChI is InChI=1S/C17H35NO2S/c1-7-16(5,6)11-9-8-10-12-17(13-14-17)18-21(19,20)15(2,3)4/h18H,7-14H2,1-6H3. The Morgan fingerprint density at radius 3 is 2.00 bits per heavy atom. The maximum Gasteiger partial charge on any atom is 0.217 e. The van der Waals surface area contributed by atoms with Crippen molar-refractivity contribution in [1.82, 2.24) is 4.72 Å². The molecule has 4 heteroatoms. The van der Waals surface area contributed by atoms with Gasteiger partial charge in [-0.3, -0.25) is 0 Å². The van der Waals surface area contributed by atoms with E-state index in [1.807, 2.05) is 0 Å². The van der Waals surface area contributed by atoms with Crippen molar-refractivity contribution in [1.29, 1.82) is 0 Å². The first-order valence-corrected chi connectivity index (χ1v) is 9.95. The van der Waals surface area contributed by atoms with E-state index in [1.165, 1.54) is 25.7 Å². The number of unbranched alkanes of at least 4 members (excludes halogenated alkanes) is 2. The van der Waals surface area contributed by atoms with Crippen molar-refractivity contribution in [3.05, 3.63) is 0 Å². The van der Waals surface area contributed by atoms with Crippen LogP contribution >= 0.6 is 0 Å². The fraction of sp³-hybridized carbons (Fsp3) is 1.00. The summed E-state index contributed by atoms with van der Waals surface area (Å²) in [4.78, 5) is 0. The van der Waals surface area contributed by atoms with E-state index < -0.39 is 14.8 Å². The Morgan fingerprint density at radius 1 is 1.00 bits per heavy atom. The summed E-state index contributed by atoms with van der Waals surface area (Å²) in [5, 5.41) is 0. The van der Waals surface area contributed by atoms with Gasteiger partial charge in [-0.05, 0) is 51.9 Å². The van der Waals surface area contributed by atoms with Crippen molar-refractivity contribution in [2.75, 3.05) is 0 Å². The maximum absolute atomic E-state index is 12.3. The minimum absolute atomic E-state index is 0.119. The molecule has 1 aliphatic carbocycles. The molecule has 0 saturated heterocycles. The number of rotatable bonds is 9. The van der Waals surface area contributed by atoms with E-state index in [1.54, 1.807) is 20.8 Å². The summed E-state index contributed by atoms with van der Waals surface area (Å²) in [6.07, 6.45) is 9.09. The second kappa shape index (κ2) is 6.57. The Balaban J connectivity index is 2.33. The first-order valence-electron chi connectivity index (χ1n) is 8.47. The summed E-state index contributed by atoms with van der Waals surface area (Å²) in [6.45, 7) is 12.2. The molecule has 0 aromatic heterocycles. The summed E-state index contributed by atoms with van der Waals surface area (Å²) in [5.41, 5.74) is 0.331. The monoisotopic (exact) mass is 317 g/mol. The normalized spacial score (nSPS) is 18.8. The minimum atomic E-state index is -3.21. The van der Waals surface area contributed by atoms with Gasteiger partial charge in [-0.1, -0.05) is 46.5 Å². The van der Waals surface area contributed by atoms with Crippen molar-refractivity contribution in [2.45, 2.75) is 103 Å². The predicted octanol–water partition coefficient (Wildman–Crippen LogP) is 4.62. The summed E-state index contributed by atoms with van der Waals surface area (Å²) in [6, 6.07) is 0. The van der Waals surface area contributed by atoms with Crippen LogP contribution in [0.5, 0.6) is 0 Å². The van der Waals surface area contributed by atoms with Crippen molar-refractivity contribution in [2.24, 2.45) is 5.41 Å². The molecule has 1 aliphatic rings. The molecule has 0 atom stereocenters. The van der Waals surface area contributed by atoms with Crippen LogP contribution in [0.4, 0.5) is 0 Å². The molecular formula is C17H35NO2S. The molecule has 1 rings (SSSR count). The first kappa shape index (κ1) is 19.0. The van der Waals surface area contributed by atoms with Crippen LogP contribution in [0.15, 0.2) is 0 Å². The topological polar surface area (TPSA) is 46.2 Å². The van der Waals surface area contributed by atoms with Gasteiger partial charge in [0.15, 0.2) is 0 Å². The first-order chi connectivity index (χ1) is 9.43.